The van der Waals surface area contributed by atoms with Crippen LogP contribution in [0.25, 0.3) is 11.4 Å². The van der Waals surface area contributed by atoms with Crippen molar-refractivity contribution in [2.75, 3.05) is 5.32 Å². The van der Waals surface area contributed by atoms with Crippen LogP contribution in [-0.4, -0.2) is 25.0 Å². The van der Waals surface area contributed by atoms with Crippen molar-refractivity contribution in [2.24, 2.45) is 5.92 Å². The van der Waals surface area contributed by atoms with Crippen molar-refractivity contribution in [2.45, 2.75) is 26.8 Å². The van der Waals surface area contributed by atoms with Crippen molar-refractivity contribution < 1.29 is 9.45 Å². The van der Waals surface area contributed by atoms with Gasteiger partial charge in [-0.2, -0.15) is 4.98 Å². The number of nitrogens with zero attached hydrogens (tertiary/aromatic N) is 5. The van der Waals surface area contributed by atoms with Crippen LogP contribution in [-0.2, 0) is 0 Å². The Bertz CT molecular complexity index is 910. The van der Waals surface area contributed by atoms with E-state index in [0.29, 0.717) is 23.1 Å². The van der Waals surface area contributed by atoms with Gasteiger partial charge < -0.3 is 9.84 Å². The fourth-order valence-corrected chi connectivity index (χ4v) is 2.47. The topological polar surface area (TPSA) is 120 Å². The molecule has 0 aliphatic carbocycles. The van der Waals surface area contributed by atoms with Crippen LogP contribution in [0.2, 0.25) is 0 Å². The Hall–Kier alpha value is -3.36. The highest BCUT2D eigenvalue weighted by Crippen LogP contribution is 2.28. The average molecular weight is 354 g/mol. The fourth-order valence-electron chi connectivity index (χ4n) is 2.47. The van der Waals surface area contributed by atoms with E-state index in [0.717, 1.165) is 5.56 Å². The predicted molar refractivity (Wildman–Crippen MR) is 94.4 cm³/mol. The predicted octanol–water partition coefficient (Wildman–Crippen LogP) is 3.55. The van der Waals surface area contributed by atoms with Crippen molar-refractivity contribution >= 4 is 11.5 Å². The molecule has 0 fully saturated rings. The highest BCUT2D eigenvalue weighted by Gasteiger charge is 2.24. The lowest BCUT2D eigenvalue weighted by molar-refractivity contribution is -0.385. The minimum atomic E-state index is -0.453. The third kappa shape index (κ3) is 3.66. The quantitative estimate of drug-likeness (QED) is 0.527. The molecule has 1 unspecified atom stereocenters. The van der Waals surface area contributed by atoms with Gasteiger partial charge in [-0.05, 0) is 31.0 Å². The van der Waals surface area contributed by atoms with Gasteiger partial charge in [0.25, 0.3) is 5.69 Å². The Morgan fingerprint density at radius 1 is 1.27 bits per heavy atom. The molecule has 0 radical (unpaired) electrons. The molecule has 0 aromatic carbocycles. The van der Waals surface area contributed by atoms with Crippen LogP contribution in [0, 0.1) is 23.0 Å². The standard InChI is InChI=1S/C17H18N6O3/c1-10(2)15(20-14-8-11(3)13(9-19-14)23(24)25)17-21-16(22-26-17)12-4-6-18-7-5-12/h4-10,15H,1-3H3,(H,19,20). The number of rotatable bonds is 6. The molecule has 3 heterocycles. The summed E-state index contributed by atoms with van der Waals surface area (Å²) < 4.78 is 5.43. The molecule has 9 nitrogen and oxygen atoms in total. The number of aromatic nitrogens is 4. The number of nitro groups is 1. The van der Waals surface area contributed by atoms with Gasteiger partial charge in [0.1, 0.15) is 18.1 Å². The lowest BCUT2D eigenvalue weighted by atomic mass is 10.0. The first kappa shape index (κ1) is 17.5. The molecule has 1 N–H and O–H groups in total. The summed E-state index contributed by atoms with van der Waals surface area (Å²) >= 11 is 0. The van der Waals surface area contributed by atoms with Gasteiger partial charge in [0.15, 0.2) is 0 Å². The second-order valence-electron chi connectivity index (χ2n) is 6.17. The van der Waals surface area contributed by atoms with Crippen LogP contribution in [0.4, 0.5) is 11.5 Å². The monoisotopic (exact) mass is 354 g/mol. The van der Waals surface area contributed by atoms with E-state index in [1.165, 1.54) is 6.20 Å². The van der Waals surface area contributed by atoms with E-state index in [4.69, 9.17) is 4.52 Å². The molecule has 134 valence electrons. The maximum absolute atomic E-state index is 10.9. The lowest BCUT2D eigenvalue weighted by Crippen LogP contribution is -2.18. The van der Waals surface area contributed by atoms with Crippen molar-refractivity contribution in [1.82, 2.24) is 20.1 Å². The molecular weight excluding hydrogens is 336 g/mol. The number of aryl methyl sites for hydroxylation is 1. The van der Waals surface area contributed by atoms with Crippen LogP contribution < -0.4 is 5.32 Å². The molecule has 0 spiro atoms. The summed E-state index contributed by atoms with van der Waals surface area (Å²) in [5.74, 6) is 1.53. The number of hydrogen-bond acceptors (Lipinski definition) is 8. The van der Waals surface area contributed by atoms with Gasteiger partial charge in [-0.15, -0.1) is 0 Å². The zero-order valence-electron chi connectivity index (χ0n) is 14.6. The van der Waals surface area contributed by atoms with Gasteiger partial charge in [-0.25, -0.2) is 4.98 Å². The van der Waals surface area contributed by atoms with Crippen LogP contribution in [0.15, 0.2) is 41.3 Å². The Balaban J connectivity index is 1.85. The van der Waals surface area contributed by atoms with Crippen molar-refractivity contribution in [3.63, 3.8) is 0 Å². The Kier molecular flexibility index (Phi) is 4.87. The van der Waals surface area contributed by atoms with E-state index in [-0.39, 0.29) is 17.6 Å². The summed E-state index contributed by atoms with van der Waals surface area (Å²) in [6.45, 7) is 5.68. The lowest BCUT2D eigenvalue weighted by Gasteiger charge is -2.19. The van der Waals surface area contributed by atoms with Gasteiger partial charge in [-0.3, -0.25) is 15.1 Å². The first-order valence-corrected chi connectivity index (χ1v) is 8.07. The first-order valence-electron chi connectivity index (χ1n) is 8.07. The fraction of sp³-hybridized carbons (Fsp3) is 0.294. The van der Waals surface area contributed by atoms with E-state index >= 15 is 0 Å². The summed E-state index contributed by atoms with van der Waals surface area (Å²) in [6, 6.07) is 4.95. The summed E-state index contributed by atoms with van der Waals surface area (Å²) in [6.07, 6.45) is 4.56. The van der Waals surface area contributed by atoms with Gasteiger partial charge >= 0.3 is 0 Å². The maximum atomic E-state index is 10.9. The van der Waals surface area contributed by atoms with Crippen LogP contribution in [0.5, 0.6) is 0 Å². The summed E-state index contributed by atoms with van der Waals surface area (Å²) in [4.78, 5) is 23.0. The second kappa shape index (κ2) is 7.26. The summed E-state index contributed by atoms with van der Waals surface area (Å²) in [5, 5.41) is 18.2. The third-order valence-electron chi connectivity index (χ3n) is 3.90. The van der Waals surface area contributed by atoms with Crippen LogP contribution in [0.1, 0.15) is 31.3 Å². The third-order valence-corrected chi connectivity index (χ3v) is 3.90. The molecule has 3 rings (SSSR count). The van der Waals surface area contributed by atoms with Gasteiger partial charge in [0.2, 0.25) is 11.7 Å². The zero-order chi connectivity index (χ0) is 18.7. The van der Waals surface area contributed by atoms with Crippen molar-refractivity contribution in [1.29, 1.82) is 0 Å². The SMILES string of the molecule is Cc1cc(NC(c2nc(-c3ccncc3)no2)C(C)C)ncc1[N+](=O)[O-]. The maximum Gasteiger partial charge on any atom is 0.290 e. The molecule has 0 bridgehead atoms. The van der Waals surface area contributed by atoms with E-state index < -0.39 is 4.92 Å². The largest absolute Gasteiger partial charge is 0.358 e. The second-order valence-corrected chi connectivity index (χ2v) is 6.17. The number of hydrogen-bond donors (Lipinski definition) is 1. The van der Waals surface area contributed by atoms with E-state index in [1.807, 2.05) is 13.8 Å². The molecule has 3 aromatic rings. The molecular formula is C17H18N6O3. The van der Waals surface area contributed by atoms with E-state index in [9.17, 15) is 10.1 Å². The van der Waals surface area contributed by atoms with Crippen LogP contribution in [0.3, 0.4) is 0 Å². The number of nitrogens with one attached hydrogen (secondary N) is 1. The minimum Gasteiger partial charge on any atom is -0.358 e. The van der Waals surface area contributed by atoms with Gasteiger partial charge in [0, 0.05) is 23.5 Å². The van der Waals surface area contributed by atoms with Crippen LogP contribution >= 0.6 is 0 Å². The van der Waals surface area contributed by atoms with Crippen molar-refractivity contribution in [3.8, 4) is 11.4 Å². The van der Waals surface area contributed by atoms with Gasteiger partial charge in [-0.1, -0.05) is 19.0 Å². The highest BCUT2D eigenvalue weighted by molar-refractivity contribution is 5.53. The van der Waals surface area contributed by atoms with Gasteiger partial charge in [0.05, 0.1) is 4.92 Å². The molecule has 1 atom stereocenters. The Morgan fingerprint density at radius 2 is 2.00 bits per heavy atom. The smallest absolute Gasteiger partial charge is 0.290 e. The normalized spacial score (nSPS) is 12.2. The highest BCUT2D eigenvalue weighted by atomic mass is 16.6. The molecule has 0 amide bonds. The molecule has 3 aromatic heterocycles. The van der Waals surface area contributed by atoms with E-state index in [2.05, 4.69) is 25.4 Å². The molecule has 0 saturated carbocycles. The molecule has 26 heavy (non-hydrogen) atoms. The molecule has 0 aliphatic rings. The van der Waals surface area contributed by atoms with E-state index in [1.54, 1.807) is 37.5 Å². The number of anilines is 1. The average Bonchev–Trinajstić information content (AvgIpc) is 3.09. The summed E-state index contributed by atoms with van der Waals surface area (Å²) in [7, 11) is 0. The molecule has 0 aliphatic heterocycles. The Morgan fingerprint density at radius 3 is 2.62 bits per heavy atom. The molecule has 9 heteroatoms. The summed E-state index contributed by atoms with van der Waals surface area (Å²) in [5.41, 5.74) is 1.31. The Labute approximate surface area is 149 Å². The van der Waals surface area contributed by atoms with Crippen molar-refractivity contribution in [3.05, 3.63) is 58.4 Å². The number of pyridine rings is 2. The first-order chi connectivity index (χ1) is 12.5. The zero-order valence-corrected chi connectivity index (χ0v) is 14.6. The minimum absolute atomic E-state index is 0.0191. The molecule has 0 saturated heterocycles.